The summed E-state index contributed by atoms with van der Waals surface area (Å²) >= 11 is 0. The van der Waals surface area contributed by atoms with Crippen LogP contribution in [0.3, 0.4) is 0 Å². The molecular formula is C19H25N3O2. The van der Waals surface area contributed by atoms with Crippen LogP contribution >= 0.6 is 0 Å². The van der Waals surface area contributed by atoms with E-state index in [0.29, 0.717) is 30.4 Å². The molecule has 1 saturated heterocycles. The number of benzene rings is 1. The van der Waals surface area contributed by atoms with Gasteiger partial charge in [-0.25, -0.2) is 5.01 Å². The van der Waals surface area contributed by atoms with Crippen LogP contribution in [0.1, 0.15) is 38.7 Å². The number of nitrogens with zero attached hydrogens (tertiary/aromatic N) is 3. The standard InChI is InChI=1S/C19H25N3O2/c1-13-10-14(2)12-21(11-13)19(24)16-8-9-18(23)22(20-16)17-7-5-4-6-15(17)3/h4-7,13-14H,8-12H2,1-3H3/t13-,14-/m1/s1. The molecule has 5 heteroatoms. The normalized spacial score (nSPS) is 24.8. The highest BCUT2D eigenvalue weighted by Crippen LogP contribution is 2.26. The summed E-state index contributed by atoms with van der Waals surface area (Å²) in [6.45, 7) is 7.87. The third-order valence-electron chi connectivity index (χ3n) is 4.78. The number of hydrazone groups is 1. The molecule has 1 aromatic rings. The molecule has 0 aliphatic carbocycles. The highest BCUT2D eigenvalue weighted by atomic mass is 16.2. The Hall–Kier alpha value is -2.17. The van der Waals surface area contributed by atoms with Crippen molar-refractivity contribution in [1.82, 2.24) is 4.90 Å². The van der Waals surface area contributed by atoms with Gasteiger partial charge >= 0.3 is 0 Å². The second kappa shape index (κ2) is 6.75. The SMILES string of the molecule is Cc1ccccc1N1N=C(C(=O)N2C[C@H](C)C[C@@H](C)C2)CCC1=O. The van der Waals surface area contributed by atoms with Crippen molar-refractivity contribution in [2.45, 2.75) is 40.0 Å². The summed E-state index contributed by atoms with van der Waals surface area (Å²) in [4.78, 5) is 27.1. The molecule has 1 aromatic carbocycles. The van der Waals surface area contributed by atoms with Gasteiger partial charge in [-0.1, -0.05) is 32.0 Å². The van der Waals surface area contributed by atoms with Crippen molar-refractivity contribution in [3.8, 4) is 0 Å². The molecule has 0 radical (unpaired) electrons. The van der Waals surface area contributed by atoms with E-state index >= 15 is 0 Å². The Morgan fingerprint density at radius 2 is 1.79 bits per heavy atom. The first-order valence-corrected chi connectivity index (χ1v) is 8.71. The molecule has 0 spiro atoms. The lowest BCUT2D eigenvalue weighted by molar-refractivity contribution is -0.126. The number of amides is 2. The van der Waals surface area contributed by atoms with Gasteiger partial charge in [0.15, 0.2) is 0 Å². The Bertz CT molecular complexity index is 673. The predicted molar refractivity (Wildman–Crippen MR) is 94.9 cm³/mol. The minimum atomic E-state index is -0.0544. The van der Waals surface area contributed by atoms with Crippen LogP contribution in [0.5, 0.6) is 0 Å². The maximum Gasteiger partial charge on any atom is 0.270 e. The van der Waals surface area contributed by atoms with Gasteiger partial charge in [0.1, 0.15) is 5.71 Å². The zero-order valence-electron chi connectivity index (χ0n) is 14.7. The van der Waals surface area contributed by atoms with Crippen molar-refractivity contribution >= 4 is 23.2 Å². The van der Waals surface area contributed by atoms with Crippen LogP contribution in [0.2, 0.25) is 0 Å². The topological polar surface area (TPSA) is 53.0 Å². The number of hydrogen-bond donors (Lipinski definition) is 0. The van der Waals surface area contributed by atoms with Crippen molar-refractivity contribution in [3.63, 3.8) is 0 Å². The van der Waals surface area contributed by atoms with Crippen LogP contribution in [0.15, 0.2) is 29.4 Å². The van der Waals surface area contributed by atoms with E-state index in [1.54, 1.807) is 0 Å². The lowest BCUT2D eigenvalue weighted by atomic mass is 9.91. The van der Waals surface area contributed by atoms with E-state index in [4.69, 9.17) is 0 Å². The molecule has 0 unspecified atom stereocenters. The number of anilines is 1. The number of para-hydroxylation sites is 1. The van der Waals surface area contributed by atoms with Gasteiger partial charge in [-0.15, -0.1) is 0 Å². The molecule has 5 nitrogen and oxygen atoms in total. The molecule has 1 fully saturated rings. The summed E-state index contributed by atoms with van der Waals surface area (Å²) in [6.07, 6.45) is 1.92. The number of carbonyl (C=O) groups excluding carboxylic acids is 2. The van der Waals surface area contributed by atoms with Crippen LogP contribution in [-0.4, -0.2) is 35.5 Å². The van der Waals surface area contributed by atoms with Crippen molar-refractivity contribution in [3.05, 3.63) is 29.8 Å². The molecule has 0 bridgehead atoms. The molecule has 2 aliphatic rings. The van der Waals surface area contributed by atoms with Gasteiger partial charge in [-0.2, -0.15) is 5.10 Å². The largest absolute Gasteiger partial charge is 0.337 e. The summed E-state index contributed by atoms with van der Waals surface area (Å²) in [5, 5.41) is 5.83. The second-order valence-electron chi connectivity index (χ2n) is 7.19. The number of aryl methyl sites for hydroxylation is 1. The van der Waals surface area contributed by atoms with E-state index in [9.17, 15) is 9.59 Å². The van der Waals surface area contributed by atoms with Crippen molar-refractivity contribution in [1.29, 1.82) is 0 Å². The summed E-state index contributed by atoms with van der Waals surface area (Å²) in [6, 6.07) is 7.63. The molecule has 0 saturated carbocycles. The molecule has 0 aromatic heterocycles. The van der Waals surface area contributed by atoms with Crippen molar-refractivity contribution in [2.75, 3.05) is 18.1 Å². The first-order valence-electron chi connectivity index (χ1n) is 8.71. The van der Waals surface area contributed by atoms with Gasteiger partial charge in [0.2, 0.25) is 5.91 Å². The minimum absolute atomic E-state index is 0.0144. The highest BCUT2D eigenvalue weighted by Gasteiger charge is 2.32. The molecule has 2 amide bonds. The molecule has 2 atom stereocenters. The Morgan fingerprint density at radius 3 is 2.46 bits per heavy atom. The molecule has 128 valence electrons. The van der Waals surface area contributed by atoms with E-state index in [0.717, 1.165) is 30.8 Å². The molecule has 3 rings (SSSR count). The van der Waals surface area contributed by atoms with Gasteiger partial charge < -0.3 is 4.90 Å². The lowest BCUT2D eigenvalue weighted by Gasteiger charge is -2.36. The maximum absolute atomic E-state index is 12.9. The number of piperidine rings is 1. The zero-order chi connectivity index (χ0) is 17.3. The lowest BCUT2D eigenvalue weighted by Crippen LogP contribution is -2.47. The number of likely N-dealkylation sites (tertiary alicyclic amines) is 1. The fraction of sp³-hybridized carbons (Fsp3) is 0.526. The van der Waals surface area contributed by atoms with Gasteiger partial charge in [-0.05, 0) is 36.8 Å². The smallest absolute Gasteiger partial charge is 0.270 e. The minimum Gasteiger partial charge on any atom is -0.337 e. The van der Waals surface area contributed by atoms with E-state index in [2.05, 4.69) is 18.9 Å². The molecule has 24 heavy (non-hydrogen) atoms. The Labute approximate surface area is 143 Å². The van der Waals surface area contributed by atoms with E-state index in [-0.39, 0.29) is 11.8 Å². The van der Waals surface area contributed by atoms with Gasteiger partial charge in [0.05, 0.1) is 5.69 Å². The van der Waals surface area contributed by atoms with Crippen LogP contribution < -0.4 is 5.01 Å². The third kappa shape index (κ3) is 3.35. The summed E-state index contributed by atoms with van der Waals surface area (Å²) in [7, 11) is 0. The fourth-order valence-corrected chi connectivity index (χ4v) is 3.71. The van der Waals surface area contributed by atoms with Gasteiger partial charge in [0, 0.05) is 25.9 Å². The predicted octanol–water partition coefficient (Wildman–Crippen LogP) is 2.98. The highest BCUT2D eigenvalue weighted by molar-refractivity contribution is 6.40. The average Bonchev–Trinajstić information content (AvgIpc) is 2.54. The summed E-state index contributed by atoms with van der Waals surface area (Å²) < 4.78 is 0. The Morgan fingerprint density at radius 1 is 1.12 bits per heavy atom. The van der Waals surface area contributed by atoms with Crippen molar-refractivity contribution in [2.24, 2.45) is 16.9 Å². The van der Waals surface area contributed by atoms with Crippen molar-refractivity contribution < 1.29 is 9.59 Å². The van der Waals surface area contributed by atoms with Crippen LogP contribution in [-0.2, 0) is 9.59 Å². The Balaban J connectivity index is 1.85. The molecular weight excluding hydrogens is 302 g/mol. The maximum atomic E-state index is 12.9. The number of hydrogen-bond acceptors (Lipinski definition) is 3. The first kappa shape index (κ1) is 16.7. The fourth-order valence-electron chi connectivity index (χ4n) is 3.71. The van der Waals surface area contributed by atoms with E-state index < -0.39 is 0 Å². The number of rotatable bonds is 2. The van der Waals surface area contributed by atoms with E-state index in [1.165, 1.54) is 5.01 Å². The van der Waals surface area contributed by atoms with Crippen LogP contribution in [0, 0.1) is 18.8 Å². The van der Waals surface area contributed by atoms with Crippen LogP contribution in [0.25, 0.3) is 0 Å². The summed E-state index contributed by atoms with van der Waals surface area (Å²) in [5.41, 5.74) is 2.23. The average molecular weight is 327 g/mol. The van der Waals surface area contributed by atoms with Gasteiger partial charge in [0.25, 0.3) is 5.91 Å². The third-order valence-corrected chi connectivity index (χ3v) is 4.78. The van der Waals surface area contributed by atoms with Crippen LogP contribution in [0.4, 0.5) is 5.69 Å². The summed E-state index contributed by atoms with van der Waals surface area (Å²) in [5.74, 6) is 0.952. The molecule has 2 heterocycles. The molecule has 2 aliphatic heterocycles. The monoisotopic (exact) mass is 327 g/mol. The second-order valence-corrected chi connectivity index (χ2v) is 7.19. The molecule has 0 N–H and O–H groups in total. The first-order chi connectivity index (χ1) is 11.5. The van der Waals surface area contributed by atoms with Gasteiger partial charge in [-0.3, -0.25) is 9.59 Å². The quantitative estimate of drug-likeness (QED) is 0.838. The number of carbonyl (C=O) groups is 2. The van der Waals surface area contributed by atoms with E-state index in [1.807, 2.05) is 36.1 Å². The Kier molecular flexibility index (Phi) is 4.69. The zero-order valence-corrected chi connectivity index (χ0v) is 14.7.